The molecule has 1 aromatic carbocycles. The Kier molecular flexibility index (Phi) is 7.07. The fourth-order valence-corrected chi connectivity index (χ4v) is 3.94. The number of rotatable bonds is 7. The van der Waals surface area contributed by atoms with Gasteiger partial charge in [-0.2, -0.15) is 0 Å². The molecule has 0 bridgehead atoms. The molecule has 2 aromatic rings. The summed E-state index contributed by atoms with van der Waals surface area (Å²) in [6, 6.07) is 8.34. The number of aryl methyl sites for hydroxylation is 2. The van der Waals surface area contributed by atoms with E-state index in [9.17, 15) is 4.79 Å². The van der Waals surface area contributed by atoms with Crippen LogP contribution in [-0.2, 0) is 0 Å². The summed E-state index contributed by atoms with van der Waals surface area (Å²) in [4.78, 5) is 24.0. The first-order chi connectivity index (χ1) is 14.0. The lowest BCUT2D eigenvalue weighted by atomic mass is 9.95. The van der Waals surface area contributed by atoms with Gasteiger partial charge in [-0.05, 0) is 70.4 Å². The summed E-state index contributed by atoms with van der Waals surface area (Å²) < 4.78 is 0. The number of nitrogens with one attached hydrogen (secondary N) is 2. The van der Waals surface area contributed by atoms with E-state index in [-0.39, 0.29) is 11.9 Å². The van der Waals surface area contributed by atoms with E-state index < -0.39 is 0 Å². The van der Waals surface area contributed by atoms with Gasteiger partial charge < -0.3 is 15.5 Å². The minimum absolute atomic E-state index is 0.112. The molecule has 0 unspecified atom stereocenters. The van der Waals surface area contributed by atoms with Gasteiger partial charge in [0.15, 0.2) is 0 Å². The summed E-state index contributed by atoms with van der Waals surface area (Å²) in [6.07, 6.45) is 5.74. The molecule has 1 aliphatic rings. The number of carbonyl (C=O) groups excluding carboxylic acids is 1. The molecule has 0 saturated heterocycles. The van der Waals surface area contributed by atoms with Crippen molar-refractivity contribution >= 4 is 23.2 Å². The highest BCUT2D eigenvalue weighted by Gasteiger charge is 2.18. The standard InChI is InChI=1S/C23H33N5O/c1-5-28(6-2)19-12-13-20(16(3)14-19)26-23-24-17(4)15-21(27-23)22(29)25-18-10-8-7-9-11-18/h12-15,18H,5-11H2,1-4H3,(H,25,29)(H,24,26,27). The molecule has 6 heteroatoms. The average Bonchev–Trinajstić information content (AvgIpc) is 2.71. The summed E-state index contributed by atoms with van der Waals surface area (Å²) in [6.45, 7) is 10.2. The van der Waals surface area contributed by atoms with E-state index in [1.54, 1.807) is 6.07 Å². The van der Waals surface area contributed by atoms with Crippen molar-refractivity contribution in [2.45, 2.75) is 65.8 Å². The molecule has 1 heterocycles. The Morgan fingerprint density at radius 2 is 1.79 bits per heavy atom. The van der Waals surface area contributed by atoms with Crippen molar-refractivity contribution in [3.05, 3.63) is 41.2 Å². The van der Waals surface area contributed by atoms with Crippen LogP contribution >= 0.6 is 0 Å². The molecule has 1 fully saturated rings. The molecular formula is C23H33N5O. The second-order valence-corrected chi connectivity index (χ2v) is 7.82. The molecule has 29 heavy (non-hydrogen) atoms. The Hall–Kier alpha value is -2.63. The van der Waals surface area contributed by atoms with Crippen molar-refractivity contribution in [1.29, 1.82) is 0 Å². The minimum atomic E-state index is -0.112. The average molecular weight is 396 g/mol. The topological polar surface area (TPSA) is 70.2 Å². The van der Waals surface area contributed by atoms with Gasteiger partial charge in [0.2, 0.25) is 5.95 Å². The minimum Gasteiger partial charge on any atom is -0.372 e. The quantitative estimate of drug-likeness (QED) is 0.708. The third kappa shape index (κ3) is 5.46. The van der Waals surface area contributed by atoms with E-state index >= 15 is 0 Å². The number of carbonyl (C=O) groups is 1. The number of nitrogens with zero attached hydrogens (tertiary/aromatic N) is 3. The molecule has 1 aromatic heterocycles. The molecule has 0 aliphatic heterocycles. The molecule has 1 amide bonds. The zero-order valence-corrected chi connectivity index (χ0v) is 18.1. The molecule has 2 N–H and O–H groups in total. The highest BCUT2D eigenvalue weighted by molar-refractivity contribution is 5.93. The molecule has 3 rings (SSSR count). The van der Waals surface area contributed by atoms with E-state index in [4.69, 9.17) is 0 Å². The van der Waals surface area contributed by atoms with Crippen LogP contribution in [0.1, 0.15) is 67.7 Å². The second-order valence-electron chi connectivity index (χ2n) is 7.82. The number of hydrogen-bond acceptors (Lipinski definition) is 5. The Balaban J connectivity index is 1.75. The number of amides is 1. The summed E-state index contributed by atoms with van der Waals surface area (Å²) >= 11 is 0. The first kappa shape index (κ1) is 21.1. The Labute approximate surface area is 174 Å². The SMILES string of the molecule is CCN(CC)c1ccc(Nc2nc(C)cc(C(=O)NC3CCCCC3)n2)c(C)c1. The fourth-order valence-electron chi connectivity index (χ4n) is 3.94. The van der Waals surface area contributed by atoms with Crippen LogP contribution in [0.3, 0.4) is 0 Å². The summed E-state index contributed by atoms with van der Waals surface area (Å²) in [5, 5.41) is 6.43. The van der Waals surface area contributed by atoms with Gasteiger partial charge in [-0.25, -0.2) is 9.97 Å². The number of benzene rings is 1. The van der Waals surface area contributed by atoms with Crippen molar-refractivity contribution in [2.24, 2.45) is 0 Å². The van der Waals surface area contributed by atoms with Crippen molar-refractivity contribution in [2.75, 3.05) is 23.3 Å². The molecule has 6 nitrogen and oxygen atoms in total. The Morgan fingerprint density at radius 1 is 1.07 bits per heavy atom. The van der Waals surface area contributed by atoms with Gasteiger partial charge in [0, 0.05) is 36.2 Å². The van der Waals surface area contributed by atoms with Crippen molar-refractivity contribution < 1.29 is 4.79 Å². The van der Waals surface area contributed by atoms with Crippen LogP contribution in [0.5, 0.6) is 0 Å². The van der Waals surface area contributed by atoms with Crippen LogP contribution in [0.15, 0.2) is 24.3 Å². The van der Waals surface area contributed by atoms with E-state index in [0.29, 0.717) is 11.6 Å². The van der Waals surface area contributed by atoms with Gasteiger partial charge in [0.1, 0.15) is 5.69 Å². The largest absolute Gasteiger partial charge is 0.372 e. The number of hydrogen-bond donors (Lipinski definition) is 2. The summed E-state index contributed by atoms with van der Waals surface area (Å²) in [5.41, 5.74) is 4.46. The molecule has 156 valence electrons. The summed E-state index contributed by atoms with van der Waals surface area (Å²) in [5.74, 6) is 0.344. The Morgan fingerprint density at radius 3 is 2.45 bits per heavy atom. The molecule has 1 saturated carbocycles. The predicted molar refractivity (Wildman–Crippen MR) is 119 cm³/mol. The first-order valence-corrected chi connectivity index (χ1v) is 10.8. The zero-order chi connectivity index (χ0) is 20.8. The van der Waals surface area contributed by atoms with E-state index in [2.05, 4.69) is 64.5 Å². The zero-order valence-electron chi connectivity index (χ0n) is 18.1. The van der Waals surface area contributed by atoms with E-state index in [1.807, 2.05) is 6.92 Å². The van der Waals surface area contributed by atoms with Gasteiger partial charge in [0.25, 0.3) is 5.91 Å². The van der Waals surface area contributed by atoms with E-state index in [0.717, 1.165) is 42.9 Å². The Bertz CT molecular complexity index is 841. The maximum Gasteiger partial charge on any atom is 0.270 e. The smallest absolute Gasteiger partial charge is 0.270 e. The third-order valence-corrected chi connectivity index (χ3v) is 5.61. The van der Waals surface area contributed by atoms with Gasteiger partial charge >= 0.3 is 0 Å². The highest BCUT2D eigenvalue weighted by atomic mass is 16.1. The van der Waals surface area contributed by atoms with Gasteiger partial charge in [-0.15, -0.1) is 0 Å². The number of anilines is 3. The fraction of sp³-hybridized carbons (Fsp3) is 0.522. The molecule has 0 atom stereocenters. The van der Waals surface area contributed by atoms with Crippen molar-refractivity contribution in [1.82, 2.24) is 15.3 Å². The monoisotopic (exact) mass is 395 g/mol. The molecular weight excluding hydrogens is 362 g/mol. The van der Waals surface area contributed by atoms with Gasteiger partial charge in [-0.3, -0.25) is 4.79 Å². The first-order valence-electron chi connectivity index (χ1n) is 10.8. The van der Waals surface area contributed by atoms with Gasteiger partial charge in [0.05, 0.1) is 0 Å². The molecule has 1 aliphatic carbocycles. The van der Waals surface area contributed by atoms with E-state index in [1.165, 1.54) is 24.9 Å². The molecule has 0 radical (unpaired) electrons. The van der Waals surface area contributed by atoms with Crippen LogP contribution in [0.2, 0.25) is 0 Å². The lowest BCUT2D eigenvalue weighted by molar-refractivity contribution is 0.0922. The third-order valence-electron chi connectivity index (χ3n) is 5.61. The van der Waals surface area contributed by atoms with Crippen molar-refractivity contribution in [3.63, 3.8) is 0 Å². The van der Waals surface area contributed by atoms with Gasteiger partial charge in [-0.1, -0.05) is 19.3 Å². The lowest BCUT2D eigenvalue weighted by Crippen LogP contribution is -2.36. The van der Waals surface area contributed by atoms with Crippen LogP contribution in [0.4, 0.5) is 17.3 Å². The second kappa shape index (κ2) is 9.72. The normalized spacial score (nSPS) is 14.5. The maximum atomic E-state index is 12.7. The maximum absolute atomic E-state index is 12.7. The summed E-state index contributed by atoms with van der Waals surface area (Å²) in [7, 11) is 0. The molecule has 0 spiro atoms. The highest BCUT2D eigenvalue weighted by Crippen LogP contribution is 2.25. The number of aromatic nitrogens is 2. The predicted octanol–water partition coefficient (Wildman–Crippen LogP) is 4.75. The van der Waals surface area contributed by atoms with Crippen LogP contribution in [0.25, 0.3) is 0 Å². The van der Waals surface area contributed by atoms with Crippen LogP contribution in [0, 0.1) is 13.8 Å². The van der Waals surface area contributed by atoms with Crippen LogP contribution in [-0.4, -0.2) is 35.0 Å². The van der Waals surface area contributed by atoms with Crippen molar-refractivity contribution in [3.8, 4) is 0 Å². The lowest BCUT2D eigenvalue weighted by Gasteiger charge is -2.23. The van der Waals surface area contributed by atoms with Crippen LogP contribution < -0.4 is 15.5 Å².